The molecule has 0 N–H and O–H groups in total. The lowest BCUT2D eigenvalue weighted by Crippen LogP contribution is -2.36. The Morgan fingerprint density at radius 3 is 2.88 bits per heavy atom. The first-order chi connectivity index (χ1) is 11.6. The molecule has 2 aromatic carbocycles. The molecule has 0 aliphatic carbocycles. The number of halogens is 1. The maximum Gasteiger partial charge on any atom is 0.417 e. The molecule has 5 heteroatoms. The summed E-state index contributed by atoms with van der Waals surface area (Å²) in [5, 5.41) is 1.68. The van der Waals surface area contributed by atoms with Crippen LogP contribution < -0.4 is 4.74 Å². The second kappa shape index (κ2) is 5.80. The molecule has 0 radical (unpaired) electrons. The molecule has 2 heterocycles. The van der Waals surface area contributed by atoms with Gasteiger partial charge in [-0.15, -0.1) is 0 Å². The smallest absolute Gasteiger partial charge is 0.391 e. The highest BCUT2D eigenvalue weighted by atomic mass is 35.5. The van der Waals surface area contributed by atoms with Crippen molar-refractivity contribution in [1.82, 2.24) is 9.88 Å². The number of pyridine rings is 1. The van der Waals surface area contributed by atoms with Crippen LogP contribution in [-0.4, -0.2) is 16.0 Å². The fourth-order valence-corrected chi connectivity index (χ4v) is 3.07. The molecule has 0 fully saturated rings. The van der Waals surface area contributed by atoms with Crippen LogP contribution in [0.4, 0.5) is 4.79 Å². The third-order valence-electron chi connectivity index (χ3n) is 4.13. The van der Waals surface area contributed by atoms with Crippen LogP contribution in [0.25, 0.3) is 10.9 Å². The molecule has 3 aromatic rings. The zero-order chi connectivity index (χ0) is 16.7. The molecular formula is C19H15ClN2O2. The van der Waals surface area contributed by atoms with Gasteiger partial charge in [-0.3, -0.25) is 4.90 Å². The molecule has 1 amide bonds. The second-order valence-corrected chi connectivity index (χ2v) is 6.37. The molecule has 4 rings (SSSR count). The summed E-state index contributed by atoms with van der Waals surface area (Å²) < 4.78 is 5.44. The third-order valence-corrected chi connectivity index (χ3v) is 4.50. The number of carbonyl (C=O) groups is 1. The zero-order valence-electron chi connectivity index (χ0n) is 13.1. The number of carbonyl (C=O) groups excluding carboxylic acids is 1. The van der Waals surface area contributed by atoms with Gasteiger partial charge < -0.3 is 4.74 Å². The van der Waals surface area contributed by atoms with E-state index in [-0.39, 0.29) is 0 Å². The lowest BCUT2D eigenvalue weighted by molar-refractivity contribution is 0.133. The summed E-state index contributed by atoms with van der Waals surface area (Å²) in [6, 6.07) is 15.6. The van der Waals surface area contributed by atoms with Crippen molar-refractivity contribution in [3.8, 4) is 5.88 Å². The van der Waals surface area contributed by atoms with Crippen molar-refractivity contribution in [3.63, 3.8) is 0 Å². The van der Waals surface area contributed by atoms with Gasteiger partial charge in [-0.25, -0.2) is 9.78 Å². The average Bonchev–Trinajstić information content (AvgIpc) is 2.56. The van der Waals surface area contributed by atoms with Gasteiger partial charge in [0.2, 0.25) is 5.88 Å². The predicted octanol–water partition coefficient (Wildman–Crippen LogP) is 4.71. The van der Waals surface area contributed by atoms with E-state index in [1.54, 1.807) is 4.90 Å². The number of aromatic nitrogens is 1. The number of nitrogens with zero attached hydrogens (tertiary/aromatic N) is 2. The minimum absolute atomic E-state index is 0.397. The van der Waals surface area contributed by atoms with Gasteiger partial charge in [0.15, 0.2) is 0 Å². The molecule has 0 saturated carbocycles. The Morgan fingerprint density at radius 2 is 2.04 bits per heavy atom. The lowest BCUT2D eigenvalue weighted by Gasteiger charge is -2.27. The van der Waals surface area contributed by atoms with Crippen LogP contribution in [-0.2, 0) is 13.1 Å². The summed E-state index contributed by atoms with van der Waals surface area (Å²) in [6.45, 7) is 2.87. The van der Waals surface area contributed by atoms with Gasteiger partial charge in [-0.1, -0.05) is 41.9 Å². The molecule has 0 saturated heterocycles. The number of hydrogen-bond acceptors (Lipinski definition) is 3. The van der Waals surface area contributed by atoms with Crippen LogP contribution in [0.1, 0.15) is 16.7 Å². The van der Waals surface area contributed by atoms with Crippen molar-refractivity contribution in [3.05, 3.63) is 70.2 Å². The first kappa shape index (κ1) is 15.0. The number of benzene rings is 2. The summed E-state index contributed by atoms with van der Waals surface area (Å²) in [5.74, 6) is 0.397. The zero-order valence-corrected chi connectivity index (χ0v) is 13.9. The Balaban J connectivity index is 1.67. The van der Waals surface area contributed by atoms with Gasteiger partial charge in [0, 0.05) is 16.0 Å². The minimum Gasteiger partial charge on any atom is -0.391 e. The van der Waals surface area contributed by atoms with Crippen molar-refractivity contribution >= 4 is 28.6 Å². The SMILES string of the molecule is Cc1ccc2cc3c(nc2c1)OC(=O)N(Cc1ccccc1Cl)C3. The fourth-order valence-electron chi connectivity index (χ4n) is 2.87. The Labute approximate surface area is 144 Å². The first-order valence-electron chi connectivity index (χ1n) is 7.70. The van der Waals surface area contributed by atoms with Crippen LogP contribution in [0.2, 0.25) is 5.02 Å². The first-order valence-corrected chi connectivity index (χ1v) is 8.08. The molecule has 24 heavy (non-hydrogen) atoms. The molecule has 0 bridgehead atoms. The van der Waals surface area contributed by atoms with E-state index in [0.29, 0.717) is 24.0 Å². The van der Waals surface area contributed by atoms with Gasteiger partial charge in [0.1, 0.15) is 0 Å². The largest absolute Gasteiger partial charge is 0.417 e. The van der Waals surface area contributed by atoms with E-state index >= 15 is 0 Å². The van der Waals surface area contributed by atoms with Gasteiger partial charge in [0.25, 0.3) is 0 Å². The maximum absolute atomic E-state index is 12.3. The molecule has 0 unspecified atom stereocenters. The van der Waals surface area contributed by atoms with E-state index in [1.807, 2.05) is 55.5 Å². The standard InChI is InChI=1S/C19H15ClN2O2/c1-12-6-7-13-9-15-11-22(10-14-4-2-3-5-16(14)20)19(23)24-18(15)21-17(13)8-12/h2-9H,10-11H2,1H3. The summed E-state index contributed by atoms with van der Waals surface area (Å²) in [4.78, 5) is 18.4. The van der Waals surface area contributed by atoms with Gasteiger partial charge >= 0.3 is 6.09 Å². The summed E-state index contributed by atoms with van der Waals surface area (Å²) in [5.41, 5.74) is 3.75. The number of ether oxygens (including phenoxy) is 1. The van der Waals surface area contributed by atoms with Gasteiger partial charge in [-0.05, 0) is 36.2 Å². The number of amides is 1. The molecule has 120 valence electrons. The Kier molecular flexibility index (Phi) is 3.62. The van der Waals surface area contributed by atoms with Gasteiger partial charge in [-0.2, -0.15) is 0 Å². The lowest BCUT2D eigenvalue weighted by atomic mass is 10.1. The summed E-state index contributed by atoms with van der Waals surface area (Å²) in [7, 11) is 0. The van der Waals surface area contributed by atoms with E-state index in [4.69, 9.17) is 16.3 Å². The van der Waals surface area contributed by atoms with Crippen LogP contribution in [0.3, 0.4) is 0 Å². The molecular weight excluding hydrogens is 324 g/mol. The van der Waals surface area contributed by atoms with E-state index in [1.165, 1.54) is 0 Å². The Morgan fingerprint density at radius 1 is 1.21 bits per heavy atom. The van der Waals surface area contributed by atoms with E-state index < -0.39 is 6.09 Å². The van der Waals surface area contributed by atoms with Crippen molar-refractivity contribution in [2.24, 2.45) is 0 Å². The minimum atomic E-state index is -0.401. The molecule has 4 nitrogen and oxygen atoms in total. The van der Waals surface area contributed by atoms with E-state index in [2.05, 4.69) is 4.98 Å². The Bertz CT molecular complexity index is 955. The normalized spacial score (nSPS) is 13.8. The highest BCUT2D eigenvalue weighted by molar-refractivity contribution is 6.31. The van der Waals surface area contributed by atoms with Crippen molar-refractivity contribution < 1.29 is 9.53 Å². The predicted molar refractivity (Wildman–Crippen MR) is 93.2 cm³/mol. The summed E-state index contributed by atoms with van der Waals surface area (Å²) >= 11 is 6.19. The Hall–Kier alpha value is -2.59. The summed E-state index contributed by atoms with van der Waals surface area (Å²) in [6.07, 6.45) is -0.401. The van der Waals surface area contributed by atoms with E-state index in [9.17, 15) is 4.79 Å². The monoisotopic (exact) mass is 338 g/mol. The van der Waals surface area contributed by atoms with Gasteiger partial charge in [0.05, 0.1) is 18.6 Å². The number of rotatable bonds is 2. The fraction of sp³-hybridized carbons (Fsp3) is 0.158. The number of aryl methyl sites for hydroxylation is 1. The molecule has 1 aliphatic heterocycles. The van der Waals surface area contributed by atoms with Crippen LogP contribution in [0, 0.1) is 6.92 Å². The molecule has 1 aromatic heterocycles. The second-order valence-electron chi connectivity index (χ2n) is 5.96. The topological polar surface area (TPSA) is 42.4 Å². The van der Waals surface area contributed by atoms with Crippen LogP contribution in [0.15, 0.2) is 48.5 Å². The molecule has 1 aliphatic rings. The van der Waals surface area contributed by atoms with Crippen LogP contribution in [0.5, 0.6) is 5.88 Å². The number of hydrogen-bond donors (Lipinski definition) is 0. The molecule has 0 atom stereocenters. The highest BCUT2D eigenvalue weighted by Crippen LogP contribution is 2.29. The number of fused-ring (bicyclic) bond motifs is 2. The van der Waals surface area contributed by atoms with Crippen molar-refractivity contribution in [2.45, 2.75) is 20.0 Å². The van der Waals surface area contributed by atoms with Crippen molar-refractivity contribution in [2.75, 3.05) is 0 Å². The maximum atomic E-state index is 12.3. The quantitative estimate of drug-likeness (QED) is 0.679. The van der Waals surface area contributed by atoms with Crippen LogP contribution >= 0.6 is 11.6 Å². The van der Waals surface area contributed by atoms with E-state index in [0.717, 1.165) is 27.6 Å². The third kappa shape index (κ3) is 2.69. The average molecular weight is 339 g/mol. The molecule has 0 spiro atoms. The highest BCUT2D eigenvalue weighted by Gasteiger charge is 2.27. The van der Waals surface area contributed by atoms with Crippen molar-refractivity contribution in [1.29, 1.82) is 0 Å².